The molecule has 0 radical (unpaired) electrons. The van der Waals surface area contributed by atoms with E-state index < -0.39 is 0 Å². The highest BCUT2D eigenvalue weighted by atomic mass is 16.6. The number of carbonyl (C=O) groups is 1. The summed E-state index contributed by atoms with van der Waals surface area (Å²) in [6.07, 6.45) is -0.303. The van der Waals surface area contributed by atoms with E-state index in [2.05, 4.69) is 11.8 Å². The molecule has 1 heterocycles. The lowest BCUT2D eigenvalue weighted by Crippen LogP contribution is -2.42. The molecule has 2 rings (SSSR count). The van der Waals surface area contributed by atoms with Crippen molar-refractivity contribution in [2.75, 3.05) is 40.4 Å². The van der Waals surface area contributed by atoms with E-state index in [-0.39, 0.29) is 12.1 Å². The van der Waals surface area contributed by atoms with Gasteiger partial charge < -0.3 is 19.3 Å². The quantitative estimate of drug-likeness (QED) is 0.849. The van der Waals surface area contributed by atoms with Crippen LogP contribution in [0.15, 0.2) is 24.3 Å². The predicted octanol–water partition coefficient (Wildman–Crippen LogP) is 2.14. The normalized spacial score (nSPS) is 17.1. The van der Waals surface area contributed by atoms with Crippen molar-refractivity contribution in [3.05, 3.63) is 29.8 Å². The molecule has 1 aromatic carbocycles. The van der Waals surface area contributed by atoms with Crippen LogP contribution in [-0.4, -0.2) is 56.3 Å². The van der Waals surface area contributed by atoms with Crippen molar-refractivity contribution in [1.82, 2.24) is 9.80 Å². The maximum atomic E-state index is 12.0. The Hall–Kier alpha value is -1.59. The lowest BCUT2D eigenvalue weighted by molar-refractivity contribution is 0.0416. The van der Waals surface area contributed by atoms with Crippen LogP contribution in [0, 0.1) is 0 Å². The topological polar surface area (TPSA) is 42.0 Å². The first-order chi connectivity index (χ1) is 9.58. The minimum absolute atomic E-state index is 0.275. The molecule has 5 heteroatoms. The van der Waals surface area contributed by atoms with Gasteiger partial charge in [-0.15, -0.1) is 0 Å². The molecule has 1 atom stereocenters. The van der Waals surface area contributed by atoms with Gasteiger partial charge in [0.2, 0.25) is 0 Å². The lowest BCUT2D eigenvalue weighted by atomic mass is 10.1. The predicted molar refractivity (Wildman–Crippen MR) is 77.0 cm³/mol. The number of amides is 1. The Morgan fingerprint density at radius 1 is 1.35 bits per heavy atom. The molecule has 0 aliphatic carbocycles. The van der Waals surface area contributed by atoms with E-state index in [1.165, 1.54) is 0 Å². The first kappa shape index (κ1) is 14.8. The van der Waals surface area contributed by atoms with Crippen molar-refractivity contribution in [3.8, 4) is 5.75 Å². The van der Waals surface area contributed by atoms with Gasteiger partial charge in [0.15, 0.2) is 0 Å². The molecule has 0 saturated carbocycles. The van der Waals surface area contributed by atoms with E-state index in [0.29, 0.717) is 32.1 Å². The highest BCUT2D eigenvalue weighted by molar-refractivity contribution is 5.70. The third kappa shape index (κ3) is 3.71. The van der Waals surface area contributed by atoms with Crippen LogP contribution in [-0.2, 0) is 4.74 Å². The van der Waals surface area contributed by atoms with Crippen LogP contribution in [0.5, 0.6) is 5.75 Å². The second-order valence-corrected chi connectivity index (χ2v) is 5.18. The van der Waals surface area contributed by atoms with Crippen LogP contribution in [0.4, 0.5) is 4.79 Å². The van der Waals surface area contributed by atoms with Crippen LogP contribution in [0.25, 0.3) is 0 Å². The molecule has 110 valence electrons. The number of rotatable bonds is 3. The molecule has 1 amide bonds. The second-order valence-electron chi connectivity index (χ2n) is 5.18. The van der Waals surface area contributed by atoms with Gasteiger partial charge in [0.1, 0.15) is 5.75 Å². The third-order valence-corrected chi connectivity index (χ3v) is 3.59. The molecule has 1 unspecified atom stereocenters. The van der Waals surface area contributed by atoms with Gasteiger partial charge in [-0.1, -0.05) is 12.1 Å². The minimum Gasteiger partial charge on any atom is -0.410 e. The summed E-state index contributed by atoms with van der Waals surface area (Å²) in [6.45, 7) is 4.45. The monoisotopic (exact) mass is 278 g/mol. The first-order valence-corrected chi connectivity index (χ1v) is 6.89. The zero-order valence-corrected chi connectivity index (χ0v) is 12.3. The van der Waals surface area contributed by atoms with Gasteiger partial charge in [0, 0.05) is 19.1 Å². The summed E-state index contributed by atoms with van der Waals surface area (Å²) < 4.78 is 10.7. The smallest absolute Gasteiger partial charge is 0.410 e. The highest BCUT2D eigenvalue weighted by Gasteiger charge is 2.19. The maximum Gasteiger partial charge on any atom is 0.415 e. The van der Waals surface area contributed by atoms with Crippen LogP contribution < -0.4 is 4.74 Å². The van der Waals surface area contributed by atoms with Gasteiger partial charge in [-0.25, -0.2) is 4.79 Å². The summed E-state index contributed by atoms with van der Waals surface area (Å²) in [5.41, 5.74) is 1.13. The molecular weight excluding hydrogens is 256 g/mol. The zero-order valence-electron chi connectivity index (χ0n) is 12.3. The zero-order chi connectivity index (χ0) is 14.5. The van der Waals surface area contributed by atoms with Crippen molar-refractivity contribution in [2.45, 2.75) is 13.0 Å². The second kappa shape index (κ2) is 6.72. The molecule has 1 saturated heterocycles. The van der Waals surface area contributed by atoms with Gasteiger partial charge in [0.25, 0.3) is 0 Å². The first-order valence-electron chi connectivity index (χ1n) is 6.89. The Labute approximate surface area is 120 Å². The number of carbonyl (C=O) groups excluding carboxylic acids is 1. The summed E-state index contributed by atoms with van der Waals surface area (Å²) in [6, 6.07) is 7.96. The summed E-state index contributed by atoms with van der Waals surface area (Å²) in [5.74, 6) is 0.590. The number of hydrogen-bond acceptors (Lipinski definition) is 4. The van der Waals surface area contributed by atoms with Gasteiger partial charge in [-0.2, -0.15) is 0 Å². The van der Waals surface area contributed by atoms with E-state index >= 15 is 0 Å². The average Bonchev–Trinajstić information content (AvgIpc) is 2.47. The van der Waals surface area contributed by atoms with Gasteiger partial charge >= 0.3 is 6.09 Å². The fourth-order valence-corrected chi connectivity index (χ4v) is 2.05. The molecule has 1 aliphatic rings. The van der Waals surface area contributed by atoms with Gasteiger partial charge in [0.05, 0.1) is 13.2 Å². The van der Waals surface area contributed by atoms with Crippen molar-refractivity contribution < 1.29 is 14.3 Å². The fraction of sp³-hybridized carbons (Fsp3) is 0.533. The summed E-state index contributed by atoms with van der Waals surface area (Å²) >= 11 is 0. The van der Waals surface area contributed by atoms with Crippen molar-refractivity contribution in [3.63, 3.8) is 0 Å². The standard InChI is InChI=1S/C15H22N2O3/c1-12(16(2)3)13-5-4-6-14(11-13)20-15(18)17-7-9-19-10-8-17/h4-6,11-12H,7-10H2,1-3H3. The summed E-state index contributed by atoms with van der Waals surface area (Å²) in [4.78, 5) is 15.8. The van der Waals surface area contributed by atoms with Gasteiger partial charge in [-0.05, 0) is 38.7 Å². The molecule has 20 heavy (non-hydrogen) atoms. The lowest BCUT2D eigenvalue weighted by Gasteiger charge is -2.26. The number of hydrogen-bond donors (Lipinski definition) is 0. The van der Waals surface area contributed by atoms with Crippen LogP contribution in [0.1, 0.15) is 18.5 Å². The SMILES string of the molecule is CC(c1cccc(OC(=O)N2CCOCC2)c1)N(C)C. The van der Waals surface area contributed by atoms with Gasteiger partial charge in [-0.3, -0.25) is 0 Å². The summed E-state index contributed by atoms with van der Waals surface area (Å²) in [5, 5.41) is 0. The Morgan fingerprint density at radius 2 is 2.05 bits per heavy atom. The molecule has 0 N–H and O–H groups in total. The molecule has 5 nitrogen and oxygen atoms in total. The molecule has 1 aromatic rings. The number of ether oxygens (including phenoxy) is 2. The largest absolute Gasteiger partial charge is 0.415 e. The number of morpholine rings is 1. The Balaban J connectivity index is 2.02. The Bertz CT molecular complexity index is 456. The Kier molecular flexibility index (Phi) is 4.98. The highest BCUT2D eigenvalue weighted by Crippen LogP contribution is 2.22. The van der Waals surface area contributed by atoms with Crippen molar-refractivity contribution in [2.24, 2.45) is 0 Å². The Morgan fingerprint density at radius 3 is 2.70 bits per heavy atom. The maximum absolute atomic E-state index is 12.0. The van der Waals surface area contributed by atoms with E-state index in [1.807, 2.05) is 38.4 Å². The van der Waals surface area contributed by atoms with Crippen LogP contribution in [0.2, 0.25) is 0 Å². The number of benzene rings is 1. The average molecular weight is 278 g/mol. The van der Waals surface area contributed by atoms with Crippen LogP contribution >= 0.6 is 0 Å². The molecule has 0 aromatic heterocycles. The van der Waals surface area contributed by atoms with Crippen molar-refractivity contribution >= 4 is 6.09 Å². The molecular formula is C15H22N2O3. The number of nitrogens with zero attached hydrogens (tertiary/aromatic N) is 2. The van der Waals surface area contributed by atoms with E-state index in [4.69, 9.17) is 9.47 Å². The molecule has 1 fully saturated rings. The van der Waals surface area contributed by atoms with E-state index in [0.717, 1.165) is 5.56 Å². The fourth-order valence-electron chi connectivity index (χ4n) is 2.05. The summed E-state index contributed by atoms with van der Waals surface area (Å²) in [7, 11) is 4.05. The third-order valence-electron chi connectivity index (χ3n) is 3.59. The van der Waals surface area contributed by atoms with Crippen molar-refractivity contribution in [1.29, 1.82) is 0 Å². The van der Waals surface area contributed by atoms with E-state index in [9.17, 15) is 4.79 Å². The minimum atomic E-state index is -0.303. The van der Waals surface area contributed by atoms with E-state index in [1.54, 1.807) is 4.90 Å². The molecule has 1 aliphatic heterocycles. The molecule has 0 bridgehead atoms. The van der Waals surface area contributed by atoms with Crippen LogP contribution in [0.3, 0.4) is 0 Å². The molecule has 0 spiro atoms.